The van der Waals surface area contributed by atoms with Crippen molar-refractivity contribution in [2.45, 2.75) is 32.4 Å². The molecule has 0 saturated carbocycles. The molecule has 6 nitrogen and oxygen atoms in total. The molecule has 0 radical (unpaired) electrons. The number of hydrogen-bond acceptors (Lipinski definition) is 6. The molecule has 0 unspecified atom stereocenters. The number of likely N-dealkylation sites (tertiary alicyclic amines) is 1. The van der Waals surface area contributed by atoms with Crippen LogP contribution in [0, 0.1) is 0 Å². The molecule has 2 fully saturated rings. The zero-order chi connectivity index (χ0) is 17.6. The molecule has 0 N–H and O–H groups in total. The molecular formula is C17H24N4O2S2. The van der Waals surface area contributed by atoms with Crippen molar-refractivity contribution in [3.05, 3.63) is 30.1 Å². The van der Waals surface area contributed by atoms with Gasteiger partial charge in [0.25, 0.3) is 0 Å². The summed E-state index contributed by atoms with van der Waals surface area (Å²) in [6.07, 6.45) is 5.38. The number of ether oxygens (including phenoxy) is 1. The van der Waals surface area contributed by atoms with Gasteiger partial charge >= 0.3 is 6.09 Å². The lowest BCUT2D eigenvalue weighted by molar-refractivity contribution is 0.0781. The first kappa shape index (κ1) is 18.4. The van der Waals surface area contributed by atoms with Crippen molar-refractivity contribution >= 4 is 34.4 Å². The molecule has 0 aliphatic carbocycles. The second-order valence-corrected chi connectivity index (χ2v) is 7.84. The summed E-state index contributed by atoms with van der Waals surface area (Å²) in [5.41, 5.74) is 1.22. The molecule has 0 spiro atoms. The summed E-state index contributed by atoms with van der Waals surface area (Å²) >= 11 is 7.31. The number of carbonyl (C=O) groups is 1. The Kier molecular flexibility index (Phi) is 6.50. The van der Waals surface area contributed by atoms with Crippen LogP contribution in [0.1, 0.15) is 25.3 Å². The van der Waals surface area contributed by atoms with Crippen LogP contribution < -0.4 is 0 Å². The molecule has 2 aliphatic rings. The average Bonchev–Trinajstić information content (AvgIpc) is 2.64. The van der Waals surface area contributed by atoms with Gasteiger partial charge in [-0.25, -0.2) is 4.79 Å². The largest absolute Gasteiger partial charge is 0.450 e. The lowest BCUT2D eigenvalue weighted by Crippen LogP contribution is -2.53. The van der Waals surface area contributed by atoms with Gasteiger partial charge in [0.2, 0.25) is 0 Å². The highest BCUT2D eigenvalue weighted by molar-refractivity contribution is 8.22. The first-order valence-electron chi connectivity index (χ1n) is 8.63. The third-order valence-corrected chi connectivity index (χ3v) is 6.08. The molecule has 1 amide bonds. The zero-order valence-electron chi connectivity index (χ0n) is 14.5. The number of nitrogens with zero attached hydrogens (tertiary/aromatic N) is 4. The van der Waals surface area contributed by atoms with Crippen molar-refractivity contribution in [3.63, 3.8) is 0 Å². The smallest absolute Gasteiger partial charge is 0.409 e. The lowest BCUT2D eigenvalue weighted by atomic mass is 10.0. The van der Waals surface area contributed by atoms with E-state index in [-0.39, 0.29) is 6.09 Å². The SMILES string of the molecule is CCOC(=O)N1CCC(N2CN(Cc3cccnc3)CSC2=S)CC1. The van der Waals surface area contributed by atoms with Crippen LogP contribution in [-0.2, 0) is 11.3 Å². The second kappa shape index (κ2) is 8.82. The number of amides is 1. The maximum atomic E-state index is 11.8. The van der Waals surface area contributed by atoms with Crippen molar-refractivity contribution in [2.24, 2.45) is 0 Å². The highest BCUT2D eigenvalue weighted by Gasteiger charge is 2.32. The van der Waals surface area contributed by atoms with Gasteiger partial charge in [-0.15, -0.1) is 0 Å². The van der Waals surface area contributed by atoms with Crippen LogP contribution in [0.4, 0.5) is 4.79 Å². The molecule has 25 heavy (non-hydrogen) atoms. The summed E-state index contributed by atoms with van der Waals surface area (Å²) in [5.74, 6) is 0.909. The van der Waals surface area contributed by atoms with E-state index in [0.717, 1.165) is 49.3 Å². The van der Waals surface area contributed by atoms with Crippen molar-refractivity contribution in [2.75, 3.05) is 32.2 Å². The van der Waals surface area contributed by atoms with E-state index in [4.69, 9.17) is 17.0 Å². The number of carbonyl (C=O) groups excluding carboxylic acids is 1. The Labute approximate surface area is 158 Å². The van der Waals surface area contributed by atoms with Gasteiger partial charge in [0.05, 0.1) is 19.2 Å². The fourth-order valence-corrected chi connectivity index (χ4v) is 4.43. The number of piperidine rings is 1. The van der Waals surface area contributed by atoms with E-state index in [9.17, 15) is 4.79 Å². The van der Waals surface area contributed by atoms with Crippen molar-refractivity contribution in [3.8, 4) is 0 Å². The molecule has 1 aromatic heterocycles. The molecule has 1 aromatic rings. The molecule has 0 atom stereocenters. The monoisotopic (exact) mass is 380 g/mol. The number of hydrogen-bond donors (Lipinski definition) is 0. The second-order valence-electron chi connectivity index (χ2n) is 6.26. The van der Waals surface area contributed by atoms with Crippen LogP contribution in [0.5, 0.6) is 0 Å². The first-order chi connectivity index (χ1) is 12.2. The van der Waals surface area contributed by atoms with Gasteiger partial charge in [0.15, 0.2) is 0 Å². The summed E-state index contributed by atoms with van der Waals surface area (Å²) in [4.78, 5) is 22.5. The molecular weight excluding hydrogens is 356 g/mol. The van der Waals surface area contributed by atoms with Crippen molar-refractivity contribution < 1.29 is 9.53 Å². The number of thioether (sulfide) groups is 1. The normalized spacial score (nSPS) is 20.0. The van der Waals surface area contributed by atoms with Crippen LogP contribution in [0.2, 0.25) is 0 Å². The Bertz CT molecular complexity index is 594. The topological polar surface area (TPSA) is 48.9 Å². The van der Waals surface area contributed by atoms with E-state index in [0.29, 0.717) is 12.6 Å². The Morgan fingerprint density at radius 3 is 2.92 bits per heavy atom. The predicted molar refractivity (Wildman–Crippen MR) is 103 cm³/mol. The Morgan fingerprint density at radius 1 is 1.44 bits per heavy atom. The van der Waals surface area contributed by atoms with Gasteiger partial charge in [-0.1, -0.05) is 30.0 Å². The molecule has 2 aliphatic heterocycles. The molecule has 3 heterocycles. The first-order valence-corrected chi connectivity index (χ1v) is 10.0. The minimum atomic E-state index is -0.199. The minimum Gasteiger partial charge on any atom is -0.450 e. The summed E-state index contributed by atoms with van der Waals surface area (Å²) < 4.78 is 6.07. The maximum absolute atomic E-state index is 11.8. The number of pyridine rings is 1. The van der Waals surface area contributed by atoms with E-state index < -0.39 is 0 Å². The quantitative estimate of drug-likeness (QED) is 0.745. The summed E-state index contributed by atoms with van der Waals surface area (Å²) in [6, 6.07) is 4.47. The Morgan fingerprint density at radius 2 is 2.24 bits per heavy atom. The van der Waals surface area contributed by atoms with Crippen molar-refractivity contribution in [1.29, 1.82) is 0 Å². The van der Waals surface area contributed by atoms with Gasteiger partial charge in [0.1, 0.15) is 4.32 Å². The van der Waals surface area contributed by atoms with Gasteiger partial charge in [-0.05, 0) is 31.4 Å². The highest BCUT2D eigenvalue weighted by atomic mass is 32.2. The van der Waals surface area contributed by atoms with Crippen LogP contribution in [0.3, 0.4) is 0 Å². The van der Waals surface area contributed by atoms with E-state index >= 15 is 0 Å². The van der Waals surface area contributed by atoms with E-state index in [1.54, 1.807) is 22.9 Å². The van der Waals surface area contributed by atoms with Crippen LogP contribution in [-0.4, -0.2) is 68.4 Å². The van der Waals surface area contributed by atoms with Gasteiger partial charge in [-0.3, -0.25) is 9.88 Å². The molecule has 0 aromatic carbocycles. The van der Waals surface area contributed by atoms with Crippen LogP contribution in [0.25, 0.3) is 0 Å². The summed E-state index contributed by atoms with van der Waals surface area (Å²) in [6.45, 7) is 5.44. The fraction of sp³-hybridized carbons (Fsp3) is 0.588. The number of rotatable bonds is 4. The maximum Gasteiger partial charge on any atom is 0.409 e. The minimum absolute atomic E-state index is 0.199. The van der Waals surface area contributed by atoms with Gasteiger partial charge < -0.3 is 14.5 Å². The number of aromatic nitrogens is 1. The molecule has 8 heteroatoms. The van der Waals surface area contributed by atoms with E-state index in [1.807, 2.05) is 19.2 Å². The van der Waals surface area contributed by atoms with Crippen LogP contribution in [0.15, 0.2) is 24.5 Å². The number of thiocarbonyl (C=S) groups is 1. The molecule has 3 rings (SSSR count). The lowest BCUT2D eigenvalue weighted by Gasteiger charge is -2.44. The van der Waals surface area contributed by atoms with Crippen molar-refractivity contribution in [1.82, 2.24) is 19.7 Å². The Hall–Kier alpha value is -1.38. The standard InChI is InChI=1S/C17H24N4O2S2/c1-2-23-16(22)20-8-5-15(6-9-20)21-12-19(13-25-17(21)24)11-14-4-3-7-18-10-14/h3-4,7,10,15H,2,5-6,8-9,11-13H2,1H3. The predicted octanol–water partition coefficient (Wildman–Crippen LogP) is 2.75. The van der Waals surface area contributed by atoms with Crippen LogP contribution >= 0.6 is 24.0 Å². The molecule has 136 valence electrons. The summed E-state index contributed by atoms with van der Waals surface area (Å²) in [5, 5.41) is 0. The third kappa shape index (κ3) is 4.83. The van der Waals surface area contributed by atoms with Gasteiger partial charge in [0, 0.05) is 38.1 Å². The molecule has 2 saturated heterocycles. The molecule has 0 bridgehead atoms. The highest BCUT2D eigenvalue weighted by Crippen LogP contribution is 2.27. The zero-order valence-corrected chi connectivity index (χ0v) is 16.1. The van der Waals surface area contributed by atoms with Gasteiger partial charge in [-0.2, -0.15) is 0 Å². The fourth-order valence-electron chi connectivity index (χ4n) is 3.23. The van der Waals surface area contributed by atoms with E-state index in [1.165, 1.54) is 5.56 Å². The van der Waals surface area contributed by atoms with E-state index in [2.05, 4.69) is 20.9 Å². The summed E-state index contributed by atoms with van der Waals surface area (Å²) in [7, 11) is 0. The Balaban J connectivity index is 1.54. The average molecular weight is 381 g/mol. The third-order valence-electron chi connectivity index (χ3n) is 4.52.